The van der Waals surface area contributed by atoms with Crippen molar-refractivity contribution >= 4 is 22.9 Å². The molecule has 0 aromatic heterocycles. The maximum absolute atomic E-state index is 5.39. The Bertz CT molecular complexity index is 297. The van der Waals surface area contributed by atoms with Crippen LogP contribution in [0.4, 0.5) is 5.69 Å². The Morgan fingerprint density at radius 3 is 2.77 bits per heavy atom. The molecule has 0 radical (unpaired) electrons. The second-order valence-corrected chi connectivity index (χ2v) is 3.48. The summed E-state index contributed by atoms with van der Waals surface area (Å²) in [6.07, 6.45) is 0.740. The standard InChI is InChI=1S/C10H14N2S/c1-8-4-2-3-5-9(8)12-7-6-10(11)13/h2-5,12H,6-7H2,1H3,(H2,11,13). The molecule has 0 aliphatic carbocycles. The zero-order valence-electron chi connectivity index (χ0n) is 7.71. The van der Waals surface area contributed by atoms with E-state index in [9.17, 15) is 0 Å². The Kier molecular flexibility index (Phi) is 3.71. The van der Waals surface area contributed by atoms with E-state index in [0.29, 0.717) is 4.99 Å². The highest BCUT2D eigenvalue weighted by Crippen LogP contribution is 2.12. The van der Waals surface area contributed by atoms with Crippen molar-refractivity contribution in [3.63, 3.8) is 0 Å². The van der Waals surface area contributed by atoms with Crippen LogP contribution < -0.4 is 11.1 Å². The van der Waals surface area contributed by atoms with Crippen molar-refractivity contribution < 1.29 is 0 Å². The summed E-state index contributed by atoms with van der Waals surface area (Å²) in [5, 5.41) is 3.28. The summed E-state index contributed by atoms with van der Waals surface area (Å²) < 4.78 is 0. The van der Waals surface area contributed by atoms with Gasteiger partial charge < -0.3 is 11.1 Å². The number of hydrogen-bond donors (Lipinski definition) is 2. The fraction of sp³-hybridized carbons (Fsp3) is 0.300. The predicted molar refractivity (Wildman–Crippen MR) is 61.1 cm³/mol. The van der Waals surface area contributed by atoms with E-state index < -0.39 is 0 Å². The topological polar surface area (TPSA) is 38.0 Å². The van der Waals surface area contributed by atoms with Gasteiger partial charge in [-0.15, -0.1) is 0 Å². The van der Waals surface area contributed by atoms with Crippen LogP contribution in [0, 0.1) is 6.92 Å². The molecule has 2 nitrogen and oxygen atoms in total. The second kappa shape index (κ2) is 4.82. The van der Waals surface area contributed by atoms with Crippen LogP contribution in [-0.2, 0) is 0 Å². The molecule has 0 heterocycles. The maximum Gasteiger partial charge on any atom is 0.0745 e. The molecule has 3 N–H and O–H groups in total. The molecule has 1 rings (SSSR count). The molecule has 0 amide bonds. The molecule has 0 fully saturated rings. The SMILES string of the molecule is Cc1ccccc1NCCC(N)=S. The van der Waals surface area contributed by atoms with Crippen molar-refractivity contribution in [1.29, 1.82) is 0 Å². The van der Waals surface area contributed by atoms with Crippen molar-refractivity contribution in [1.82, 2.24) is 0 Å². The molecule has 0 spiro atoms. The van der Waals surface area contributed by atoms with Crippen LogP contribution in [-0.4, -0.2) is 11.5 Å². The van der Waals surface area contributed by atoms with Crippen LogP contribution in [0.25, 0.3) is 0 Å². The number of rotatable bonds is 4. The summed E-state index contributed by atoms with van der Waals surface area (Å²) in [7, 11) is 0. The molecule has 13 heavy (non-hydrogen) atoms. The summed E-state index contributed by atoms with van der Waals surface area (Å²) in [5.41, 5.74) is 7.78. The van der Waals surface area contributed by atoms with Gasteiger partial charge in [0.15, 0.2) is 0 Å². The molecule has 0 unspecified atom stereocenters. The predicted octanol–water partition coefficient (Wildman–Crippen LogP) is 2.08. The summed E-state index contributed by atoms with van der Waals surface area (Å²) in [6, 6.07) is 8.15. The largest absolute Gasteiger partial charge is 0.393 e. The minimum absolute atomic E-state index is 0.557. The highest BCUT2D eigenvalue weighted by atomic mass is 32.1. The van der Waals surface area contributed by atoms with Crippen molar-refractivity contribution in [2.75, 3.05) is 11.9 Å². The van der Waals surface area contributed by atoms with Gasteiger partial charge >= 0.3 is 0 Å². The average molecular weight is 194 g/mol. The number of para-hydroxylation sites is 1. The molecule has 0 aliphatic rings. The first-order chi connectivity index (χ1) is 6.20. The van der Waals surface area contributed by atoms with E-state index in [-0.39, 0.29) is 0 Å². The molecule has 0 bridgehead atoms. The Balaban J connectivity index is 2.45. The third-order valence-corrected chi connectivity index (χ3v) is 2.04. The lowest BCUT2D eigenvalue weighted by molar-refractivity contribution is 1.10. The quantitative estimate of drug-likeness (QED) is 0.721. The van der Waals surface area contributed by atoms with Crippen molar-refractivity contribution in [3.8, 4) is 0 Å². The normalized spacial score (nSPS) is 9.62. The van der Waals surface area contributed by atoms with E-state index in [2.05, 4.69) is 24.4 Å². The first-order valence-electron chi connectivity index (χ1n) is 4.28. The van der Waals surface area contributed by atoms with E-state index in [0.717, 1.165) is 18.7 Å². The molecule has 1 aromatic carbocycles. The maximum atomic E-state index is 5.39. The van der Waals surface area contributed by atoms with Crippen LogP contribution in [0.1, 0.15) is 12.0 Å². The fourth-order valence-corrected chi connectivity index (χ4v) is 1.19. The van der Waals surface area contributed by atoms with Gasteiger partial charge in [0.1, 0.15) is 0 Å². The average Bonchev–Trinajstić information content (AvgIpc) is 2.08. The van der Waals surface area contributed by atoms with Crippen molar-refractivity contribution in [3.05, 3.63) is 29.8 Å². The van der Waals surface area contributed by atoms with Gasteiger partial charge in [0.25, 0.3) is 0 Å². The highest BCUT2D eigenvalue weighted by Gasteiger charge is 1.95. The number of thiocarbonyl (C=S) groups is 1. The molecule has 70 valence electrons. The van der Waals surface area contributed by atoms with Crippen LogP contribution in [0.15, 0.2) is 24.3 Å². The number of nitrogens with one attached hydrogen (secondary N) is 1. The summed E-state index contributed by atoms with van der Waals surface area (Å²) in [5.74, 6) is 0. The lowest BCUT2D eigenvalue weighted by Gasteiger charge is -2.07. The zero-order chi connectivity index (χ0) is 9.68. The van der Waals surface area contributed by atoms with Crippen molar-refractivity contribution in [2.45, 2.75) is 13.3 Å². The van der Waals surface area contributed by atoms with Gasteiger partial charge in [-0.1, -0.05) is 30.4 Å². The van der Waals surface area contributed by atoms with E-state index in [1.807, 2.05) is 12.1 Å². The fourth-order valence-electron chi connectivity index (χ4n) is 1.09. The summed E-state index contributed by atoms with van der Waals surface area (Å²) in [6.45, 7) is 2.88. The lowest BCUT2D eigenvalue weighted by atomic mass is 10.2. The van der Waals surface area contributed by atoms with Gasteiger partial charge in [0.05, 0.1) is 4.99 Å². The first-order valence-corrected chi connectivity index (χ1v) is 4.69. The lowest BCUT2D eigenvalue weighted by Crippen LogP contribution is -2.14. The molecular weight excluding hydrogens is 180 g/mol. The van der Waals surface area contributed by atoms with Gasteiger partial charge in [0.2, 0.25) is 0 Å². The van der Waals surface area contributed by atoms with Gasteiger partial charge in [-0.3, -0.25) is 0 Å². The Labute approximate surface area is 84.1 Å². The first kappa shape index (κ1) is 9.99. The van der Waals surface area contributed by atoms with E-state index in [1.54, 1.807) is 0 Å². The van der Waals surface area contributed by atoms with Gasteiger partial charge in [0, 0.05) is 18.7 Å². The molecule has 0 saturated heterocycles. The van der Waals surface area contributed by atoms with Gasteiger partial charge in [-0.2, -0.15) is 0 Å². The minimum Gasteiger partial charge on any atom is -0.393 e. The summed E-state index contributed by atoms with van der Waals surface area (Å²) >= 11 is 4.78. The molecular formula is C10H14N2S. The van der Waals surface area contributed by atoms with E-state index in [1.165, 1.54) is 5.56 Å². The van der Waals surface area contributed by atoms with Gasteiger partial charge in [-0.25, -0.2) is 0 Å². The van der Waals surface area contributed by atoms with Crippen LogP contribution in [0.5, 0.6) is 0 Å². The Morgan fingerprint density at radius 1 is 1.46 bits per heavy atom. The summed E-state index contributed by atoms with van der Waals surface area (Å²) in [4.78, 5) is 0.557. The second-order valence-electron chi connectivity index (χ2n) is 2.96. The van der Waals surface area contributed by atoms with Crippen LogP contribution >= 0.6 is 12.2 Å². The third-order valence-electron chi connectivity index (χ3n) is 1.83. The number of anilines is 1. The molecule has 1 aromatic rings. The molecule has 0 atom stereocenters. The Hall–Kier alpha value is -1.09. The highest BCUT2D eigenvalue weighted by molar-refractivity contribution is 7.80. The number of nitrogens with two attached hydrogens (primary N) is 1. The molecule has 3 heteroatoms. The molecule has 0 saturated carbocycles. The van der Waals surface area contributed by atoms with E-state index in [4.69, 9.17) is 18.0 Å². The monoisotopic (exact) mass is 194 g/mol. The number of hydrogen-bond acceptors (Lipinski definition) is 2. The Morgan fingerprint density at radius 2 is 2.15 bits per heavy atom. The minimum atomic E-state index is 0.557. The van der Waals surface area contributed by atoms with Gasteiger partial charge in [-0.05, 0) is 18.6 Å². The smallest absolute Gasteiger partial charge is 0.0745 e. The number of aryl methyl sites for hydroxylation is 1. The third kappa shape index (κ3) is 3.42. The zero-order valence-corrected chi connectivity index (χ0v) is 8.53. The van der Waals surface area contributed by atoms with Crippen LogP contribution in [0.3, 0.4) is 0 Å². The molecule has 0 aliphatic heterocycles. The van der Waals surface area contributed by atoms with Crippen LogP contribution in [0.2, 0.25) is 0 Å². The van der Waals surface area contributed by atoms with E-state index >= 15 is 0 Å². The number of benzene rings is 1. The van der Waals surface area contributed by atoms with Crippen molar-refractivity contribution in [2.24, 2.45) is 5.73 Å².